The van der Waals surface area contributed by atoms with Gasteiger partial charge in [-0.3, -0.25) is 43.2 Å². The first-order valence-corrected chi connectivity index (χ1v) is 15.9. The summed E-state index contributed by atoms with van der Waals surface area (Å²) >= 11 is 0. The van der Waals surface area contributed by atoms with Gasteiger partial charge in [-0.25, -0.2) is 4.98 Å². The van der Waals surface area contributed by atoms with Gasteiger partial charge in [0.15, 0.2) is 0 Å². The standard InChI is InChI=1S/C31H41N11O9/c1-17(43)34-14-26(46)39-20-7-8-25(45)35-12-23(29(49)36-13-24(32)44)40-27(47)15-37-28(48)21(9-18-5-3-2-4-6-18)41-31(51)22(42-30(20)50)10-19-11-33-16-38-19/h2-6,11,16,20-23H,7-10,12-15H2,1H3,(H2,32,44)(H,33,38)(H,34,43)(H,35,45)(H,36,49)(H,37,48)(H,39,46)(H,40,47)(H,41,51)(H,42,50)/t20-,21+,22-,23-/m0/s1. The van der Waals surface area contributed by atoms with Gasteiger partial charge in [0.25, 0.3) is 0 Å². The van der Waals surface area contributed by atoms with Gasteiger partial charge in [-0.05, 0) is 12.0 Å². The van der Waals surface area contributed by atoms with E-state index in [1.165, 1.54) is 19.4 Å². The third-order valence-electron chi connectivity index (χ3n) is 7.34. The minimum Gasteiger partial charge on any atom is -0.368 e. The number of hydrogen-bond acceptors (Lipinski definition) is 10. The van der Waals surface area contributed by atoms with E-state index in [1.807, 2.05) is 0 Å². The van der Waals surface area contributed by atoms with Gasteiger partial charge in [-0.2, -0.15) is 0 Å². The van der Waals surface area contributed by atoms with Gasteiger partial charge in [-0.15, -0.1) is 0 Å². The maximum atomic E-state index is 13.8. The fraction of sp³-hybridized carbons (Fsp3) is 0.419. The van der Waals surface area contributed by atoms with Crippen LogP contribution in [0.5, 0.6) is 0 Å². The Labute approximate surface area is 291 Å². The number of primary amides is 1. The summed E-state index contributed by atoms with van der Waals surface area (Å²) in [4.78, 5) is 121. The molecule has 2 aromatic rings. The number of benzene rings is 1. The number of carbonyl (C=O) groups is 9. The summed E-state index contributed by atoms with van der Waals surface area (Å²) in [6.07, 6.45) is 2.01. The topological polar surface area (TPSA) is 305 Å². The van der Waals surface area contributed by atoms with Crippen molar-refractivity contribution in [1.29, 1.82) is 0 Å². The van der Waals surface area contributed by atoms with Crippen LogP contribution in [0.3, 0.4) is 0 Å². The van der Waals surface area contributed by atoms with Crippen molar-refractivity contribution in [3.05, 3.63) is 54.1 Å². The molecule has 1 aliphatic rings. The van der Waals surface area contributed by atoms with E-state index < -0.39 is 104 Å². The molecular formula is C31H41N11O9. The van der Waals surface area contributed by atoms with Gasteiger partial charge in [-0.1, -0.05) is 30.3 Å². The third-order valence-corrected chi connectivity index (χ3v) is 7.34. The minimum atomic E-state index is -1.42. The lowest BCUT2D eigenvalue weighted by Gasteiger charge is -2.26. The number of hydrogen-bond donors (Lipinski definition) is 10. The Bertz CT molecular complexity index is 1580. The Morgan fingerprint density at radius 2 is 1.55 bits per heavy atom. The molecule has 0 spiro atoms. The summed E-state index contributed by atoms with van der Waals surface area (Å²) in [5, 5.41) is 19.4. The first-order chi connectivity index (χ1) is 24.3. The van der Waals surface area contributed by atoms with Gasteiger partial charge in [0.2, 0.25) is 53.2 Å². The van der Waals surface area contributed by atoms with Crippen LogP contribution in [-0.2, 0) is 56.0 Å². The molecular weight excluding hydrogens is 670 g/mol. The lowest BCUT2D eigenvalue weighted by molar-refractivity contribution is -0.134. The predicted molar refractivity (Wildman–Crippen MR) is 176 cm³/mol. The highest BCUT2D eigenvalue weighted by Gasteiger charge is 2.32. The minimum absolute atomic E-state index is 0.0187. The van der Waals surface area contributed by atoms with E-state index >= 15 is 0 Å². The van der Waals surface area contributed by atoms with Crippen LogP contribution in [0.15, 0.2) is 42.9 Å². The maximum absolute atomic E-state index is 13.8. The fourth-order valence-electron chi connectivity index (χ4n) is 4.77. The van der Waals surface area contributed by atoms with Gasteiger partial charge in [0.1, 0.15) is 24.2 Å². The van der Waals surface area contributed by atoms with Crippen molar-refractivity contribution in [2.75, 3.05) is 26.2 Å². The van der Waals surface area contributed by atoms with Crippen LogP contribution in [0, 0.1) is 0 Å². The average molecular weight is 712 g/mol. The SMILES string of the molecule is CC(=O)NCC(=O)N[C@H]1CCC(=O)NC[C@@H](C(=O)NCC(N)=O)NC(=O)CNC(=O)[C@@H](Cc2ccccc2)NC(=O)[C@H](Cc2c[nH]cn2)NC1=O. The molecule has 11 N–H and O–H groups in total. The summed E-state index contributed by atoms with van der Waals surface area (Å²) in [6.45, 7) is -0.962. The molecule has 0 radical (unpaired) electrons. The number of amides is 9. The second-order valence-corrected chi connectivity index (χ2v) is 11.5. The van der Waals surface area contributed by atoms with E-state index in [9.17, 15) is 43.2 Å². The van der Waals surface area contributed by atoms with Crippen LogP contribution in [0.25, 0.3) is 0 Å². The number of nitrogens with zero attached hydrogens (tertiary/aromatic N) is 1. The number of nitrogens with two attached hydrogens (primary N) is 1. The Balaban J connectivity index is 1.95. The van der Waals surface area contributed by atoms with Crippen LogP contribution in [0.1, 0.15) is 31.0 Å². The van der Waals surface area contributed by atoms with Crippen LogP contribution in [0.2, 0.25) is 0 Å². The number of aromatic amines is 1. The molecule has 0 unspecified atom stereocenters. The molecule has 2 heterocycles. The first-order valence-electron chi connectivity index (χ1n) is 15.9. The molecule has 274 valence electrons. The zero-order valence-electron chi connectivity index (χ0n) is 27.7. The van der Waals surface area contributed by atoms with E-state index in [1.54, 1.807) is 30.3 Å². The molecule has 51 heavy (non-hydrogen) atoms. The number of aromatic nitrogens is 2. The van der Waals surface area contributed by atoms with Crippen LogP contribution >= 0.6 is 0 Å². The zero-order chi connectivity index (χ0) is 37.3. The highest BCUT2D eigenvalue weighted by Crippen LogP contribution is 2.07. The number of H-pyrrole nitrogens is 1. The molecule has 1 aromatic carbocycles. The number of rotatable bonds is 10. The zero-order valence-corrected chi connectivity index (χ0v) is 27.7. The van der Waals surface area contributed by atoms with Crippen molar-refractivity contribution < 1.29 is 43.2 Å². The molecule has 1 fully saturated rings. The molecule has 3 rings (SSSR count). The molecule has 1 aliphatic heterocycles. The smallest absolute Gasteiger partial charge is 0.244 e. The van der Waals surface area contributed by atoms with Crippen molar-refractivity contribution >= 4 is 53.2 Å². The van der Waals surface area contributed by atoms with Crippen LogP contribution in [-0.4, -0.2) is 113 Å². The summed E-state index contributed by atoms with van der Waals surface area (Å²) in [6, 6.07) is 3.25. The second-order valence-electron chi connectivity index (χ2n) is 11.5. The lowest BCUT2D eigenvalue weighted by atomic mass is 10.0. The highest BCUT2D eigenvalue weighted by molar-refractivity contribution is 5.96. The van der Waals surface area contributed by atoms with E-state index in [-0.39, 0.29) is 25.7 Å². The van der Waals surface area contributed by atoms with E-state index in [0.29, 0.717) is 11.3 Å². The van der Waals surface area contributed by atoms with Gasteiger partial charge < -0.3 is 53.3 Å². The number of nitrogens with one attached hydrogen (secondary N) is 9. The van der Waals surface area contributed by atoms with Gasteiger partial charge in [0, 0.05) is 38.9 Å². The van der Waals surface area contributed by atoms with Crippen molar-refractivity contribution in [2.24, 2.45) is 5.73 Å². The monoisotopic (exact) mass is 711 g/mol. The Hall–Kier alpha value is -6.34. The largest absolute Gasteiger partial charge is 0.368 e. The molecule has 20 nitrogen and oxygen atoms in total. The molecule has 0 aliphatic carbocycles. The van der Waals surface area contributed by atoms with Crippen molar-refractivity contribution in [3.63, 3.8) is 0 Å². The molecule has 20 heteroatoms. The average Bonchev–Trinajstić information content (AvgIpc) is 3.61. The molecule has 0 saturated carbocycles. The summed E-state index contributed by atoms with van der Waals surface area (Å²) in [5.41, 5.74) is 6.12. The van der Waals surface area contributed by atoms with Crippen LogP contribution < -0.4 is 48.3 Å². The lowest BCUT2D eigenvalue weighted by Crippen LogP contribution is -2.59. The van der Waals surface area contributed by atoms with E-state index in [0.717, 1.165) is 0 Å². The Morgan fingerprint density at radius 3 is 2.22 bits per heavy atom. The van der Waals surface area contributed by atoms with Crippen molar-refractivity contribution in [3.8, 4) is 0 Å². The molecule has 9 amide bonds. The molecule has 0 bridgehead atoms. The summed E-state index contributed by atoms with van der Waals surface area (Å²) in [5.74, 6) is -7.00. The highest BCUT2D eigenvalue weighted by atomic mass is 16.2. The van der Waals surface area contributed by atoms with E-state index in [2.05, 4.69) is 52.5 Å². The quantitative estimate of drug-likeness (QED) is 0.112. The van der Waals surface area contributed by atoms with Crippen molar-refractivity contribution in [1.82, 2.24) is 52.5 Å². The maximum Gasteiger partial charge on any atom is 0.244 e. The normalized spacial score (nSPS) is 20.8. The molecule has 1 saturated heterocycles. The van der Waals surface area contributed by atoms with E-state index in [4.69, 9.17) is 5.73 Å². The third kappa shape index (κ3) is 14.0. The fourth-order valence-corrected chi connectivity index (χ4v) is 4.77. The summed E-state index contributed by atoms with van der Waals surface area (Å²) < 4.78 is 0. The molecule has 1 aromatic heterocycles. The number of carbonyl (C=O) groups excluding carboxylic acids is 9. The van der Waals surface area contributed by atoms with Gasteiger partial charge in [0.05, 0.1) is 31.7 Å². The first kappa shape index (κ1) is 39.1. The van der Waals surface area contributed by atoms with Crippen LogP contribution in [0.4, 0.5) is 0 Å². The van der Waals surface area contributed by atoms with Crippen molar-refractivity contribution in [2.45, 2.75) is 56.8 Å². The summed E-state index contributed by atoms with van der Waals surface area (Å²) in [7, 11) is 0. The Kier molecular flexibility index (Phi) is 15.0. The molecule has 4 atom stereocenters. The van der Waals surface area contributed by atoms with Gasteiger partial charge >= 0.3 is 0 Å². The Morgan fingerprint density at radius 1 is 0.843 bits per heavy atom. The predicted octanol–water partition coefficient (Wildman–Crippen LogP) is -5.10. The second kappa shape index (κ2) is 19.6. The number of imidazole rings is 1.